The molecule has 0 amide bonds. The van der Waals surface area contributed by atoms with Gasteiger partial charge in [0.25, 0.3) is 0 Å². The average molecular weight is 121 g/mol. The molecule has 0 spiro atoms. The zero-order valence-electron chi connectivity index (χ0n) is 4.54. The number of nitrogens with one attached hydrogen (secondary N) is 1. The van der Waals surface area contributed by atoms with E-state index >= 15 is 0 Å². The quantitative estimate of drug-likeness (QED) is 0.321. The largest absolute Gasteiger partial charge is 0.395 e. The summed E-state index contributed by atoms with van der Waals surface area (Å²) in [6.07, 6.45) is 0. The standard InChI is InChI=1S/C4H11NO3/c6-1-4(2-7)5-3-8/h4-8H,1-3H2. The lowest BCUT2D eigenvalue weighted by atomic mass is 10.3. The SMILES string of the molecule is OCNC(CO)CO. The zero-order chi connectivity index (χ0) is 6.41. The van der Waals surface area contributed by atoms with E-state index < -0.39 is 0 Å². The molecule has 0 aromatic heterocycles. The minimum absolute atomic E-state index is 0.156. The van der Waals surface area contributed by atoms with Crippen LogP contribution in [0.4, 0.5) is 0 Å². The van der Waals surface area contributed by atoms with Crippen molar-refractivity contribution in [3.8, 4) is 0 Å². The predicted octanol–water partition coefficient (Wildman–Crippen LogP) is -2.12. The Labute approximate surface area is 47.8 Å². The van der Waals surface area contributed by atoms with Crippen molar-refractivity contribution < 1.29 is 15.3 Å². The van der Waals surface area contributed by atoms with E-state index in [0.717, 1.165) is 0 Å². The van der Waals surface area contributed by atoms with Gasteiger partial charge in [-0.25, -0.2) is 0 Å². The van der Waals surface area contributed by atoms with E-state index in [0.29, 0.717) is 0 Å². The van der Waals surface area contributed by atoms with E-state index in [-0.39, 0.29) is 26.0 Å². The van der Waals surface area contributed by atoms with Gasteiger partial charge in [0.1, 0.15) is 0 Å². The predicted molar refractivity (Wildman–Crippen MR) is 28.2 cm³/mol. The second-order valence-corrected chi connectivity index (χ2v) is 1.42. The molecule has 4 nitrogen and oxygen atoms in total. The smallest absolute Gasteiger partial charge is 0.0935 e. The van der Waals surface area contributed by atoms with Gasteiger partial charge < -0.3 is 15.3 Å². The Morgan fingerprint density at radius 2 is 1.62 bits per heavy atom. The normalized spacial score (nSPS) is 10.5. The Morgan fingerprint density at radius 1 is 1.12 bits per heavy atom. The second-order valence-electron chi connectivity index (χ2n) is 1.42. The summed E-state index contributed by atoms with van der Waals surface area (Å²) in [6.45, 7) is -0.528. The van der Waals surface area contributed by atoms with Crippen molar-refractivity contribution in [3.63, 3.8) is 0 Å². The van der Waals surface area contributed by atoms with Crippen molar-refractivity contribution in [3.05, 3.63) is 0 Å². The summed E-state index contributed by atoms with van der Waals surface area (Å²) in [5.74, 6) is 0. The second kappa shape index (κ2) is 4.99. The third-order valence-corrected chi connectivity index (χ3v) is 0.821. The summed E-state index contributed by atoms with van der Waals surface area (Å²) in [7, 11) is 0. The Hall–Kier alpha value is -0.160. The molecule has 0 aromatic carbocycles. The molecule has 4 N–H and O–H groups in total. The maximum absolute atomic E-state index is 8.32. The molecule has 0 bridgehead atoms. The maximum atomic E-state index is 8.32. The molecule has 0 atom stereocenters. The van der Waals surface area contributed by atoms with Gasteiger partial charge in [-0.05, 0) is 0 Å². The fourth-order valence-electron chi connectivity index (χ4n) is 0.316. The highest BCUT2D eigenvalue weighted by Crippen LogP contribution is 1.74. The van der Waals surface area contributed by atoms with Gasteiger partial charge in [-0.3, -0.25) is 5.32 Å². The van der Waals surface area contributed by atoms with Gasteiger partial charge in [0.2, 0.25) is 0 Å². The van der Waals surface area contributed by atoms with Crippen LogP contribution in [-0.2, 0) is 0 Å². The molecular formula is C4H11NO3. The number of aliphatic hydroxyl groups is 3. The summed E-state index contributed by atoms with van der Waals surface area (Å²) in [4.78, 5) is 0. The third kappa shape index (κ3) is 2.92. The van der Waals surface area contributed by atoms with Crippen LogP contribution in [0, 0.1) is 0 Å². The lowest BCUT2D eigenvalue weighted by molar-refractivity contribution is 0.140. The van der Waals surface area contributed by atoms with E-state index in [1.165, 1.54) is 0 Å². The fraction of sp³-hybridized carbons (Fsp3) is 1.00. The zero-order valence-corrected chi connectivity index (χ0v) is 4.54. The number of aliphatic hydroxyl groups excluding tert-OH is 3. The molecule has 50 valence electrons. The molecule has 8 heavy (non-hydrogen) atoms. The molecule has 0 aliphatic carbocycles. The summed E-state index contributed by atoms with van der Waals surface area (Å²) < 4.78 is 0. The van der Waals surface area contributed by atoms with Crippen LogP contribution in [0.2, 0.25) is 0 Å². The van der Waals surface area contributed by atoms with Crippen molar-refractivity contribution in [2.24, 2.45) is 0 Å². The molecule has 0 rings (SSSR count). The van der Waals surface area contributed by atoms with Gasteiger partial charge in [0.05, 0.1) is 26.0 Å². The molecule has 0 heterocycles. The van der Waals surface area contributed by atoms with Crippen molar-refractivity contribution in [2.45, 2.75) is 6.04 Å². The van der Waals surface area contributed by atoms with Crippen LogP contribution in [-0.4, -0.2) is 41.3 Å². The Bertz CT molecular complexity index is 46.5. The van der Waals surface area contributed by atoms with Gasteiger partial charge in [-0.15, -0.1) is 0 Å². The molecule has 0 aliphatic rings. The molecule has 0 unspecified atom stereocenters. The Balaban J connectivity index is 3.07. The lowest BCUT2D eigenvalue weighted by Gasteiger charge is -2.08. The minimum Gasteiger partial charge on any atom is -0.395 e. The van der Waals surface area contributed by atoms with Crippen molar-refractivity contribution in [2.75, 3.05) is 19.9 Å². The van der Waals surface area contributed by atoms with E-state index in [1.807, 2.05) is 0 Å². The van der Waals surface area contributed by atoms with Crippen LogP contribution in [0.1, 0.15) is 0 Å². The van der Waals surface area contributed by atoms with E-state index in [1.54, 1.807) is 0 Å². The summed E-state index contributed by atoms with van der Waals surface area (Å²) in [6, 6.07) is -0.389. The van der Waals surface area contributed by atoms with Crippen molar-refractivity contribution >= 4 is 0 Å². The first-order valence-corrected chi connectivity index (χ1v) is 2.41. The first-order valence-electron chi connectivity index (χ1n) is 2.41. The summed E-state index contributed by atoms with van der Waals surface area (Å²) >= 11 is 0. The van der Waals surface area contributed by atoms with Gasteiger partial charge >= 0.3 is 0 Å². The highest BCUT2D eigenvalue weighted by molar-refractivity contribution is 4.58. The van der Waals surface area contributed by atoms with Crippen LogP contribution in [0.25, 0.3) is 0 Å². The van der Waals surface area contributed by atoms with Crippen LogP contribution >= 0.6 is 0 Å². The highest BCUT2D eigenvalue weighted by atomic mass is 16.3. The van der Waals surface area contributed by atoms with E-state index in [2.05, 4.69) is 5.32 Å². The van der Waals surface area contributed by atoms with Gasteiger partial charge in [-0.1, -0.05) is 0 Å². The maximum Gasteiger partial charge on any atom is 0.0935 e. The van der Waals surface area contributed by atoms with Crippen molar-refractivity contribution in [1.29, 1.82) is 0 Å². The van der Waals surface area contributed by atoms with Crippen LogP contribution in [0.3, 0.4) is 0 Å². The number of rotatable bonds is 4. The van der Waals surface area contributed by atoms with E-state index in [4.69, 9.17) is 15.3 Å². The molecule has 0 saturated carbocycles. The van der Waals surface area contributed by atoms with Crippen LogP contribution < -0.4 is 5.32 Å². The van der Waals surface area contributed by atoms with Crippen LogP contribution in [0.5, 0.6) is 0 Å². The number of hydrogen-bond donors (Lipinski definition) is 4. The van der Waals surface area contributed by atoms with Crippen LogP contribution in [0.15, 0.2) is 0 Å². The third-order valence-electron chi connectivity index (χ3n) is 0.821. The molecule has 0 aliphatic heterocycles. The van der Waals surface area contributed by atoms with E-state index in [9.17, 15) is 0 Å². The molecule has 4 heteroatoms. The molecule has 0 aromatic rings. The first kappa shape index (κ1) is 7.84. The monoisotopic (exact) mass is 121 g/mol. The van der Waals surface area contributed by atoms with Gasteiger partial charge in [0, 0.05) is 0 Å². The lowest BCUT2D eigenvalue weighted by Crippen LogP contribution is -2.36. The van der Waals surface area contributed by atoms with Crippen molar-refractivity contribution in [1.82, 2.24) is 5.32 Å². The first-order chi connectivity index (χ1) is 3.85. The molecular weight excluding hydrogens is 110 g/mol. The van der Waals surface area contributed by atoms with Gasteiger partial charge in [0.15, 0.2) is 0 Å². The Morgan fingerprint density at radius 3 is 1.75 bits per heavy atom. The topological polar surface area (TPSA) is 72.7 Å². The summed E-state index contributed by atoms with van der Waals surface area (Å²) in [5.41, 5.74) is 0. The molecule has 0 saturated heterocycles. The average Bonchev–Trinajstić information content (AvgIpc) is 1.83. The fourth-order valence-corrected chi connectivity index (χ4v) is 0.316. The van der Waals surface area contributed by atoms with Gasteiger partial charge in [-0.2, -0.15) is 0 Å². The molecule has 0 fully saturated rings. The molecule has 0 radical (unpaired) electrons. The summed E-state index contributed by atoms with van der Waals surface area (Å²) in [5, 5.41) is 27.3. The highest BCUT2D eigenvalue weighted by Gasteiger charge is 2.00. The number of hydrogen-bond acceptors (Lipinski definition) is 4. The minimum atomic E-state index is -0.389. The Kier molecular flexibility index (Phi) is 4.89.